The smallest absolute Gasteiger partial charge is 0.115 e. The van der Waals surface area contributed by atoms with Gasteiger partial charge in [-0.1, -0.05) is 6.07 Å². The maximum Gasteiger partial charge on any atom is 0.115 e. The molecule has 1 heterocycles. The summed E-state index contributed by atoms with van der Waals surface area (Å²) < 4.78 is 0. The van der Waals surface area contributed by atoms with E-state index in [1.54, 1.807) is 0 Å². The topological polar surface area (TPSA) is 36.8 Å². The van der Waals surface area contributed by atoms with Crippen molar-refractivity contribution in [3.8, 4) is 5.75 Å². The molecular formula is C13H18NO+. The Kier molecular flexibility index (Phi) is 1.99. The first-order chi connectivity index (χ1) is 7.30. The molecule has 1 saturated heterocycles. The average molecular weight is 204 g/mol. The van der Waals surface area contributed by atoms with Crippen molar-refractivity contribution in [1.29, 1.82) is 0 Å². The number of benzene rings is 1. The highest BCUT2D eigenvalue weighted by Gasteiger charge is 2.40. The van der Waals surface area contributed by atoms with Crippen molar-refractivity contribution in [2.45, 2.75) is 31.1 Å². The van der Waals surface area contributed by atoms with Gasteiger partial charge in [0.15, 0.2) is 0 Å². The minimum atomic E-state index is 0.424. The summed E-state index contributed by atoms with van der Waals surface area (Å²) in [6, 6.07) is 5.97. The Hall–Kier alpha value is -1.02. The molecule has 1 aromatic rings. The number of nitrogens with two attached hydrogens (primary N) is 1. The summed E-state index contributed by atoms with van der Waals surface area (Å²) in [5.74, 6) is 0.424. The van der Waals surface area contributed by atoms with Crippen molar-refractivity contribution in [3.63, 3.8) is 0 Å². The number of rotatable bonds is 0. The molecule has 80 valence electrons. The molecule has 1 spiro atoms. The van der Waals surface area contributed by atoms with Gasteiger partial charge in [0.1, 0.15) is 5.75 Å². The zero-order valence-electron chi connectivity index (χ0n) is 9.00. The molecule has 1 aliphatic carbocycles. The Balaban J connectivity index is 2.03. The van der Waals surface area contributed by atoms with E-state index in [4.69, 9.17) is 0 Å². The molecule has 2 aliphatic rings. The molecule has 3 rings (SSSR count). The van der Waals surface area contributed by atoms with E-state index in [0.29, 0.717) is 11.2 Å². The molecule has 0 aromatic heterocycles. The number of quaternary nitrogens is 1. The third-order valence-electron chi connectivity index (χ3n) is 4.19. The van der Waals surface area contributed by atoms with Crippen LogP contribution in [0.4, 0.5) is 0 Å². The van der Waals surface area contributed by atoms with Gasteiger partial charge in [-0.15, -0.1) is 0 Å². The quantitative estimate of drug-likeness (QED) is 0.648. The molecule has 2 heteroatoms. The number of piperidine rings is 1. The minimum absolute atomic E-state index is 0.424. The second kappa shape index (κ2) is 3.24. The average Bonchev–Trinajstić information content (AvgIpc) is 2.58. The number of fused-ring (bicyclic) bond motifs is 2. The SMILES string of the molecule is Oc1ccc2c(c1)CCC21CC[NH2+]CC1. The molecule has 0 bridgehead atoms. The number of phenolic OH excluding ortho intramolecular Hbond substituents is 1. The van der Waals surface area contributed by atoms with Crippen LogP contribution in [0, 0.1) is 0 Å². The van der Waals surface area contributed by atoms with Crippen LogP contribution in [0.25, 0.3) is 0 Å². The first-order valence-electron chi connectivity index (χ1n) is 5.94. The summed E-state index contributed by atoms with van der Waals surface area (Å²) in [5, 5.41) is 11.9. The Morgan fingerprint density at radius 1 is 1.13 bits per heavy atom. The van der Waals surface area contributed by atoms with Gasteiger partial charge in [-0.25, -0.2) is 0 Å². The van der Waals surface area contributed by atoms with E-state index in [0.717, 1.165) is 6.42 Å². The summed E-state index contributed by atoms with van der Waals surface area (Å²) in [6.07, 6.45) is 5.07. The van der Waals surface area contributed by atoms with Gasteiger partial charge in [-0.05, 0) is 36.1 Å². The summed E-state index contributed by atoms with van der Waals surface area (Å²) in [5.41, 5.74) is 3.36. The van der Waals surface area contributed by atoms with Crippen LogP contribution in [-0.4, -0.2) is 18.2 Å². The lowest BCUT2D eigenvalue weighted by Gasteiger charge is -2.32. The highest BCUT2D eigenvalue weighted by molar-refractivity contribution is 5.43. The van der Waals surface area contributed by atoms with Crippen LogP contribution in [0.2, 0.25) is 0 Å². The van der Waals surface area contributed by atoms with Crippen LogP contribution in [-0.2, 0) is 11.8 Å². The van der Waals surface area contributed by atoms with Gasteiger partial charge in [0.2, 0.25) is 0 Å². The summed E-state index contributed by atoms with van der Waals surface area (Å²) >= 11 is 0. The van der Waals surface area contributed by atoms with Gasteiger partial charge in [-0.2, -0.15) is 0 Å². The normalized spacial score (nSPS) is 22.9. The van der Waals surface area contributed by atoms with Gasteiger partial charge in [0.25, 0.3) is 0 Å². The Morgan fingerprint density at radius 3 is 2.73 bits per heavy atom. The molecule has 0 radical (unpaired) electrons. The van der Waals surface area contributed by atoms with Crippen molar-refractivity contribution in [1.82, 2.24) is 0 Å². The van der Waals surface area contributed by atoms with Crippen LogP contribution in [0.5, 0.6) is 5.75 Å². The molecule has 2 nitrogen and oxygen atoms in total. The van der Waals surface area contributed by atoms with E-state index in [-0.39, 0.29) is 0 Å². The van der Waals surface area contributed by atoms with Gasteiger partial charge < -0.3 is 10.4 Å². The van der Waals surface area contributed by atoms with Gasteiger partial charge in [0.05, 0.1) is 13.1 Å². The fourth-order valence-electron chi connectivity index (χ4n) is 3.36. The van der Waals surface area contributed by atoms with Crippen molar-refractivity contribution in [3.05, 3.63) is 29.3 Å². The fourth-order valence-corrected chi connectivity index (χ4v) is 3.36. The Labute approximate surface area is 90.3 Å². The van der Waals surface area contributed by atoms with E-state index >= 15 is 0 Å². The van der Waals surface area contributed by atoms with E-state index in [1.807, 2.05) is 12.1 Å². The molecular weight excluding hydrogens is 186 g/mol. The molecule has 0 amide bonds. The predicted molar refractivity (Wildman–Crippen MR) is 59.0 cm³/mol. The molecule has 0 atom stereocenters. The Morgan fingerprint density at radius 2 is 1.93 bits per heavy atom. The second-order valence-corrected chi connectivity index (χ2v) is 4.99. The summed E-state index contributed by atoms with van der Waals surface area (Å²) in [7, 11) is 0. The van der Waals surface area contributed by atoms with Crippen LogP contribution in [0.1, 0.15) is 30.4 Å². The lowest BCUT2D eigenvalue weighted by Crippen LogP contribution is -2.87. The number of aryl methyl sites for hydroxylation is 1. The molecule has 3 N–H and O–H groups in total. The van der Waals surface area contributed by atoms with E-state index in [2.05, 4.69) is 11.4 Å². The molecule has 0 unspecified atom stereocenters. The first kappa shape index (κ1) is 9.22. The molecule has 1 aliphatic heterocycles. The maximum absolute atomic E-state index is 9.48. The van der Waals surface area contributed by atoms with Crippen molar-refractivity contribution >= 4 is 0 Å². The predicted octanol–water partition coefficient (Wildman–Crippen LogP) is 0.933. The van der Waals surface area contributed by atoms with Crippen molar-refractivity contribution < 1.29 is 10.4 Å². The monoisotopic (exact) mass is 204 g/mol. The van der Waals surface area contributed by atoms with Crippen LogP contribution < -0.4 is 5.32 Å². The third kappa shape index (κ3) is 1.36. The van der Waals surface area contributed by atoms with Crippen LogP contribution in [0.15, 0.2) is 18.2 Å². The lowest BCUT2D eigenvalue weighted by atomic mass is 9.74. The fraction of sp³-hybridized carbons (Fsp3) is 0.538. The third-order valence-corrected chi connectivity index (χ3v) is 4.19. The lowest BCUT2D eigenvalue weighted by molar-refractivity contribution is -0.665. The standard InChI is InChI=1S/C13H17NO/c15-11-1-2-12-10(9-11)3-4-13(12)5-7-14-8-6-13/h1-2,9,14-15H,3-8H2/p+1. The zero-order chi connectivity index (χ0) is 10.3. The van der Waals surface area contributed by atoms with Gasteiger partial charge in [-0.3, -0.25) is 0 Å². The van der Waals surface area contributed by atoms with Gasteiger partial charge in [0, 0.05) is 18.3 Å². The van der Waals surface area contributed by atoms with Gasteiger partial charge >= 0.3 is 0 Å². The van der Waals surface area contributed by atoms with E-state index < -0.39 is 0 Å². The molecule has 15 heavy (non-hydrogen) atoms. The van der Waals surface area contributed by atoms with Crippen LogP contribution >= 0.6 is 0 Å². The second-order valence-electron chi connectivity index (χ2n) is 4.99. The number of aromatic hydroxyl groups is 1. The van der Waals surface area contributed by atoms with Crippen LogP contribution in [0.3, 0.4) is 0 Å². The number of hydrogen-bond donors (Lipinski definition) is 2. The summed E-state index contributed by atoms with van der Waals surface area (Å²) in [6.45, 7) is 2.53. The molecule has 1 aromatic carbocycles. The minimum Gasteiger partial charge on any atom is -0.508 e. The summed E-state index contributed by atoms with van der Waals surface area (Å²) in [4.78, 5) is 0. The largest absolute Gasteiger partial charge is 0.508 e. The molecule has 0 saturated carbocycles. The Bertz CT molecular complexity index is 380. The van der Waals surface area contributed by atoms with E-state index in [1.165, 1.54) is 43.5 Å². The zero-order valence-corrected chi connectivity index (χ0v) is 9.00. The number of hydrogen-bond acceptors (Lipinski definition) is 1. The van der Waals surface area contributed by atoms with Crippen molar-refractivity contribution in [2.24, 2.45) is 0 Å². The highest BCUT2D eigenvalue weighted by atomic mass is 16.3. The van der Waals surface area contributed by atoms with E-state index in [9.17, 15) is 5.11 Å². The molecule has 1 fully saturated rings. The maximum atomic E-state index is 9.48. The number of phenols is 1. The first-order valence-corrected chi connectivity index (χ1v) is 5.94. The highest BCUT2D eigenvalue weighted by Crippen LogP contribution is 2.45. The van der Waals surface area contributed by atoms with Crippen molar-refractivity contribution in [2.75, 3.05) is 13.1 Å².